The van der Waals surface area contributed by atoms with Gasteiger partial charge in [-0.2, -0.15) is 0 Å². The van der Waals surface area contributed by atoms with E-state index in [1.165, 1.54) is 25.0 Å². The molecule has 0 saturated heterocycles. The maximum atomic E-state index is 4.61. The maximum absolute atomic E-state index is 4.61. The van der Waals surface area contributed by atoms with E-state index in [2.05, 4.69) is 32.9 Å². The zero-order valence-electron chi connectivity index (χ0n) is 11.9. The van der Waals surface area contributed by atoms with Crippen LogP contribution in [0.4, 0.5) is 0 Å². The summed E-state index contributed by atoms with van der Waals surface area (Å²) in [7, 11) is 0. The van der Waals surface area contributed by atoms with Gasteiger partial charge in [-0.3, -0.25) is 4.99 Å². The van der Waals surface area contributed by atoms with Gasteiger partial charge in [-0.1, -0.05) is 12.8 Å². The van der Waals surface area contributed by atoms with Crippen LogP contribution in [0.15, 0.2) is 10.4 Å². The van der Waals surface area contributed by atoms with E-state index in [4.69, 9.17) is 0 Å². The maximum Gasteiger partial charge on any atom is 0.191 e. The summed E-state index contributed by atoms with van der Waals surface area (Å²) in [5, 5.41) is 9.94. The van der Waals surface area contributed by atoms with Crippen LogP contribution in [0, 0.1) is 12.8 Å². The van der Waals surface area contributed by atoms with Gasteiger partial charge < -0.3 is 10.6 Å². The predicted molar refractivity (Wildman–Crippen MR) is 81.9 cm³/mol. The van der Waals surface area contributed by atoms with Gasteiger partial charge in [0.1, 0.15) is 0 Å². The predicted octanol–water partition coefficient (Wildman–Crippen LogP) is 2.35. The van der Waals surface area contributed by atoms with E-state index in [1.54, 1.807) is 11.3 Å². The summed E-state index contributed by atoms with van der Waals surface area (Å²) in [5.41, 5.74) is 1.17. The Kier molecular flexibility index (Phi) is 5.63. The lowest BCUT2D eigenvalue weighted by molar-refractivity contribution is 0.723. The third-order valence-corrected chi connectivity index (χ3v) is 4.01. The van der Waals surface area contributed by atoms with Gasteiger partial charge in [-0.25, -0.2) is 4.98 Å². The van der Waals surface area contributed by atoms with Crippen molar-refractivity contribution in [2.75, 3.05) is 19.6 Å². The Balaban J connectivity index is 1.69. The molecule has 2 N–H and O–H groups in total. The van der Waals surface area contributed by atoms with Gasteiger partial charge in [0.2, 0.25) is 0 Å². The Labute approximate surface area is 119 Å². The minimum absolute atomic E-state index is 0.887. The van der Waals surface area contributed by atoms with Gasteiger partial charge in [-0.05, 0) is 26.2 Å². The highest BCUT2D eigenvalue weighted by Gasteiger charge is 2.20. The SMILES string of the molecule is CCNC(=NCCC1CC1)NCCc1csc(C)n1. The first kappa shape index (κ1) is 14.3. The minimum Gasteiger partial charge on any atom is -0.357 e. The molecule has 0 spiro atoms. The summed E-state index contributed by atoms with van der Waals surface area (Å²) >= 11 is 1.71. The van der Waals surface area contributed by atoms with Gasteiger partial charge in [0.25, 0.3) is 0 Å². The Morgan fingerprint density at radius 1 is 1.47 bits per heavy atom. The molecular formula is C14H24N4S. The van der Waals surface area contributed by atoms with E-state index in [0.717, 1.165) is 42.9 Å². The molecule has 5 heteroatoms. The Hall–Kier alpha value is -1.10. The summed E-state index contributed by atoms with van der Waals surface area (Å²) in [4.78, 5) is 9.07. The van der Waals surface area contributed by atoms with E-state index < -0.39 is 0 Å². The number of aliphatic imine (C=N–C) groups is 1. The highest BCUT2D eigenvalue weighted by molar-refractivity contribution is 7.09. The third-order valence-electron chi connectivity index (χ3n) is 3.19. The standard InChI is InChI=1S/C14H24N4S/c1-3-15-14(16-8-6-12-4-5-12)17-9-7-13-10-19-11(2)18-13/h10,12H,3-9H2,1-2H3,(H2,15,16,17). The molecule has 2 rings (SSSR count). The van der Waals surface area contributed by atoms with Crippen LogP contribution in [0.2, 0.25) is 0 Å². The highest BCUT2D eigenvalue weighted by Crippen LogP contribution is 2.32. The van der Waals surface area contributed by atoms with Crippen molar-refractivity contribution in [3.05, 3.63) is 16.1 Å². The van der Waals surface area contributed by atoms with Crippen LogP contribution in [0.25, 0.3) is 0 Å². The van der Waals surface area contributed by atoms with Gasteiger partial charge in [0.15, 0.2) is 5.96 Å². The molecule has 106 valence electrons. The normalized spacial score (nSPS) is 15.6. The minimum atomic E-state index is 0.887. The molecule has 19 heavy (non-hydrogen) atoms. The van der Waals surface area contributed by atoms with E-state index in [1.807, 2.05) is 6.92 Å². The molecule has 1 heterocycles. The van der Waals surface area contributed by atoms with Gasteiger partial charge in [-0.15, -0.1) is 11.3 Å². The van der Waals surface area contributed by atoms with Crippen LogP contribution in [0.3, 0.4) is 0 Å². The molecule has 0 amide bonds. The van der Waals surface area contributed by atoms with Crippen LogP contribution >= 0.6 is 11.3 Å². The van der Waals surface area contributed by atoms with E-state index in [0.29, 0.717) is 0 Å². The highest BCUT2D eigenvalue weighted by atomic mass is 32.1. The van der Waals surface area contributed by atoms with Crippen molar-refractivity contribution in [2.24, 2.45) is 10.9 Å². The average molecular weight is 280 g/mol. The number of thiazole rings is 1. The molecular weight excluding hydrogens is 256 g/mol. The topological polar surface area (TPSA) is 49.3 Å². The number of nitrogens with one attached hydrogen (secondary N) is 2. The molecule has 0 atom stereocenters. The number of guanidine groups is 1. The van der Waals surface area contributed by atoms with Crippen molar-refractivity contribution in [1.82, 2.24) is 15.6 Å². The van der Waals surface area contributed by atoms with Crippen molar-refractivity contribution in [3.63, 3.8) is 0 Å². The summed E-state index contributed by atoms with van der Waals surface area (Å²) in [6.45, 7) is 6.88. The van der Waals surface area contributed by atoms with Crippen LogP contribution in [0.1, 0.15) is 36.9 Å². The van der Waals surface area contributed by atoms with Crippen LogP contribution in [0.5, 0.6) is 0 Å². The van der Waals surface area contributed by atoms with Gasteiger partial charge in [0.05, 0.1) is 10.7 Å². The largest absolute Gasteiger partial charge is 0.357 e. The molecule has 1 aliphatic rings. The lowest BCUT2D eigenvalue weighted by atomic mass is 10.3. The zero-order valence-corrected chi connectivity index (χ0v) is 12.7. The number of hydrogen-bond donors (Lipinski definition) is 2. The molecule has 1 aromatic rings. The second-order valence-corrected chi connectivity index (χ2v) is 6.09. The second-order valence-electron chi connectivity index (χ2n) is 5.03. The molecule has 0 radical (unpaired) electrons. The molecule has 0 aliphatic heterocycles. The van der Waals surface area contributed by atoms with Crippen LogP contribution in [-0.4, -0.2) is 30.6 Å². The number of aryl methyl sites for hydroxylation is 1. The second kappa shape index (κ2) is 7.48. The van der Waals surface area contributed by atoms with Crippen molar-refractivity contribution in [3.8, 4) is 0 Å². The van der Waals surface area contributed by atoms with Crippen LogP contribution < -0.4 is 10.6 Å². The van der Waals surface area contributed by atoms with Crippen molar-refractivity contribution < 1.29 is 0 Å². The van der Waals surface area contributed by atoms with Gasteiger partial charge >= 0.3 is 0 Å². The molecule has 0 aromatic carbocycles. The first-order valence-electron chi connectivity index (χ1n) is 7.21. The number of nitrogens with zero attached hydrogens (tertiary/aromatic N) is 2. The molecule has 1 fully saturated rings. The Bertz CT molecular complexity index is 409. The Morgan fingerprint density at radius 2 is 2.32 bits per heavy atom. The van der Waals surface area contributed by atoms with Crippen LogP contribution in [-0.2, 0) is 6.42 Å². The van der Waals surface area contributed by atoms with Gasteiger partial charge in [0, 0.05) is 31.4 Å². The zero-order chi connectivity index (χ0) is 13.5. The lowest BCUT2D eigenvalue weighted by Crippen LogP contribution is -2.38. The monoisotopic (exact) mass is 280 g/mol. The molecule has 0 bridgehead atoms. The Morgan fingerprint density at radius 3 is 2.95 bits per heavy atom. The summed E-state index contributed by atoms with van der Waals surface area (Å²) in [5.74, 6) is 1.89. The van der Waals surface area contributed by atoms with Crippen molar-refractivity contribution >= 4 is 17.3 Å². The van der Waals surface area contributed by atoms with Crippen molar-refractivity contribution in [2.45, 2.75) is 39.5 Å². The number of rotatable bonds is 7. The third kappa shape index (κ3) is 5.59. The number of hydrogen-bond acceptors (Lipinski definition) is 3. The quantitative estimate of drug-likeness (QED) is 0.595. The molecule has 1 saturated carbocycles. The fraction of sp³-hybridized carbons (Fsp3) is 0.714. The summed E-state index contributed by atoms with van der Waals surface area (Å²) in [6.07, 6.45) is 5.00. The average Bonchev–Trinajstić information content (AvgIpc) is 3.12. The first-order valence-corrected chi connectivity index (χ1v) is 8.09. The molecule has 0 unspecified atom stereocenters. The molecule has 4 nitrogen and oxygen atoms in total. The number of aromatic nitrogens is 1. The van der Waals surface area contributed by atoms with E-state index in [9.17, 15) is 0 Å². The lowest BCUT2D eigenvalue weighted by Gasteiger charge is -2.10. The first-order chi connectivity index (χ1) is 9.28. The molecule has 1 aromatic heterocycles. The van der Waals surface area contributed by atoms with Crippen molar-refractivity contribution in [1.29, 1.82) is 0 Å². The summed E-state index contributed by atoms with van der Waals surface area (Å²) < 4.78 is 0. The fourth-order valence-electron chi connectivity index (χ4n) is 1.94. The van der Waals surface area contributed by atoms with E-state index >= 15 is 0 Å². The fourth-order valence-corrected chi connectivity index (χ4v) is 2.59. The smallest absolute Gasteiger partial charge is 0.191 e. The molecule has 1 aliphatic carbocycles. The summed E-state index contributed by atoms with van der Waals surface area (Å²) in [6, 6.07) is 0. The van der Waals surface area contributed by atoms with E-state index in [-0.39, 0.29) is 0 Å².